The molecule has 0 radical (unpaired) electrons. The molecule has 20 heavy (non-hydrogen) atoms. The minimum atomic E-state index is -0.228. The molecule has 1 aromatic carbocycles. The van der Waals surface area contributed by atoms with E-state index in [9.17, 15) is 4.79 Å². The molecule has 2 aliphatic rings. The zero-order valence-electron chi connectivity index (χ0n) is 12.2. The van der Waals surface area contributed by atoms with Crippen LogP contribution in [-0.4, -0.2) is 42.6 Å². The number of rotatable bonds is 1. The summed E-state index contributed by atoms with van der Waals surface area (Å²) in [4.78, 5) is 14.6. The SMILES string of the molecule is CC1(C)CN(C(=O)C2CNc3ccccc3C2)CCO1. The zero-order valence-corrected chi connectivity index (χ0v) is 12.2. The number of hydrogen-bond donors (Lipinski definition) is 1. The number of nitrogens with zero attached hydrogens (tertiary/aromatic N) is 1. The van der Waals surface area contributed by atoms with Gasteiger partial charge in [0.15, 0.2) is 0 Å². The molecule has 4 nitrogen and oxygen atoms in total. The molecule has 108 valence electrons. The van der Waals surface area contributed by atoms with E-state index < -0.39 is 0 Å². The first-order valence-corrected chi connectivity index (χ1v) is 7.30. The predicted molar refractivity (Wildman–Crippen MR) is 78.7 cm³/mol. The standard InChI is InChI=1S/C16H22N2O2/c1-16(2)11-18(7-8-20-16)15(19)13-9-12-5-3-4-6-14(12)17-10-13/h3-6,13,17H,7-11H2,1-2H3. The van der Waals surface area contributed by atoms with Crippen LogP contribution in [-0.2, 0) is 16.0 Å². The molecular formula is C16H22N2O2. The summed E-state index contributed by atoms with van der Waals surface area (Å²) in [5.41, 5.74) is 2.18. The van der Waals surface area contributed by atoms with Crippen molar-refractivity contribution in [1.82, 2.24) is 4.90 Å². The van der Waals surface area contributed by atoms with E-state index >= 15 is 0 Å². The van der Waals surface area contributed by atoms with Gasteiger partial charge in [0.2, 0.25) is 5.91 Å². The Kier molecular flexibility index (Phi) is 3.42. The van der Waals surface area contributed by atoms with Gasteiger partial charge >= 0.3 is 0 Å². The molecule has 0 spiro atoms. The number of carbonyl (C=O) groups is 1. The van der Waals surface area contributed by atoms with E-state index in [0.717, 1.165) is 13.0 Å². The average Bonchev–Trinajstić information content (AvgIpc) is 2.45. The Balaban J connectivity index is 1.70. The molecule has 2 aliphatic heterocycles. The Morgan fingerprint density at radius 2 is 2.20 bits per heavy atom. The second-order valence-electron chi connectivity index (χ2n) is 6.31. The van der Waals surface area contributed by atoms with Crippen LogP contribution in [0.25, 0.3) is 0 Å². The molecule has 0 bridgehead atoms. The summed E-state index contributed by atoms with van der Waals surface area (Å²) in [7, 11) is 0. The van der Waals surface area contributed by atoms with E-state index in [-0.39, 0.29) is 17.4 Å². The van der Waals surface area contributed by atoms with Crippen LogP contribution >= 0.6 is 0 Å². The van der Waals surface area contributed by atoms with Crippen LogP contribution in [0.5, 0.6) is 0 Å². The lowest BCUT2D eigenvalue weighted by atomic mass is 9.92. The van der Waals surface area contributed by atoms with Crippen molar-refractivity contribution >= 4 is 11.6 Å². The molecule has 0 saturated carbocycles. The number of nitrogens with one attached hydrogen (secondary N) is 1. The van der Waals surface area contributed by atoms with Crippen molar-refractivity contribution in [1.29, 1.82) is 0 Å². The lowest BCUT2D eigenvalue weighted by molar-refractivity contribution is -0.149. The number of fused-ring (bicyclic) bond motifs is 1. The summed E-state index contributed by atoms with van der Waals surface area (Å²) < 4.78 is 5.68. The van der Waals surface area contributed by atoms with Gasteiger partial charge in [0.05, 0.1) is 18.1 Å². The molecule has 1 unspecified atom stereocenters. The fraction of sp³-hybridized carbons (Fsp3) is 0.562. The van der Waals surface area contributed by atoms with Gasteiger partial charge in [-0.15, -0.1) is 0 Å². The monoisotopic (exact) mass is 274 g/mol. The van der Waals surface area contributed by atoms with E-state index in [4.69, 9.17) is 4.74 Å². The highest BCUT2D eigenvalue weighted by Gasteiger charge is 2.34. The molecule has 1 fully saturated rings. The van der Waals surface area contributed by atoms with Gasteiger partial charge < -0.3 is 15.0 Å². The molecule has 2 heterocycles. The number of para-hydroxylation sites is 1. The van der Waals surface area contributed by atoms with Crippen molar-refractivity contribution < 1.29 is 9.53 Å². The second-order valence-corrected chi connectivity index (χ2v) is 6.31. The number of anilines is 1. The molecule has 1 atom stereocenters. The molecule has 0 aliphatic carbocycles. The van der Waals surface area contributed by atoms with Crippen molar-refractivity contribution in [3.63, 3.8) is 0 Å². The first kappa shape index (κ1) is 13.4. The minimum Gasteiger partial charge on any atom is -0.384 e. The van der Waals surface area contributed by atoms with E-state index in [1.807, 2.05) is 30.9 Å². The topological polar surface area (TPSA) is 41.6 Å². The summed E-state index contributed by atoms with van der Waals surface area (Å²) in [6.45, 7) is 6.84. The van der Waals surface area contributed by atoms with E-state index in [1.54, 1.807) is 0 Å². The van der Waals surface area contributed by atoms with Crippen LogP contribution in [0.2, 0.25) is 0 Å². The van der Waals surface area contributed by atoms with Crippen LogP contribution in [0.1, 0.15) is 19.4 Å². The molecule has 1 aromatic rings. The van der Waals surface area contributed by atoms with Gasteiger partial charge in [0.25, 0.3) is 0 Å². The Bertz CT molecular complexity index is 513. The Morgan fingerprint density at radius 1 is 1.40 bits per heavy atom. The molecular weight excluding hydrogens is 252 g/mol. The molecule has 3 rings (SSSR count). The number of benzene rings is 1. The van der Waals surface area contributed by atoms with Crippen molar-refractivity contribution in [3.05, 3.63) is 29.8 Å². The van der Waals surface area contributed by atoms with Gasteiger partial charge in [-0.05, 0) is 31.9 Å². The normalized spacial score (nSPS) is 24.7. The summed E-state index contributed by atoms with van der Waals surface area (Å²) in [6.07, 6.45) is 0.833. The minimum absolute atomic E-state index is 0.0406. The summed E-state index contributed by atoms with van der Waals surface area (Å²) in [6, 6.07) is 8.24. The van der Waals surface area contributed by atoms with Gasteiger partial charge in [0.1, 0.15) is 0 Å². The van der Waals surface area contributed by atoms with Crippen molar-refractivity contribution in [2.24, 2.45) is 5.92 Å². The number of carbonyl (C=O) groups excluding carboxylic acids is 1. The summed E-state index contributed by atoms with van der Waals surface area (Å²) in [5.74, 6) is 0.294. The second kappa shape index (κ2) is 5.09. The molecule has 4 heteroatoms. The fourth-order valence-corrected chi connectivity index (χ4v) is 3.08. The van der Waals surface area contributed by atoms with E-state index in [0.29, 0.717) is 19.7 Å². The largest absolute Gasteiger partial charge is 0.384 e. The average molecular weight is 274 g/mol. The molecule has 1 amide bonds. The number of amides is 1. The van der Waals surface area contributed by atoms with Gasteiger partial charge in [-0.3, -0.25) is 4.79 Å². The maximum absolute atomic E-state index is 12.7. The maximum Gasteiger partial charge on any atom is 0.227 e. The smallest absolute Gasteiger partial charge is 0.227 e. The molecule has 1 N–H and O–H groups in total. The third-order valence-corrected chi connectivity index (χ3v) is 4.11. The van der Waals surface area contributed by atoms with Crippen molar-refractivity contribution in [2.45, 2.75) is 25.9 Å². The highest BCUT2D eigenvalue weighted by Crippen LogP contribution is 2.26. The third-order valence-electron chi connectivity index (χ3n) is 4.11. The van der Waals surface area contributed by atoms with Crippen LogP contribution in [0, 0.1) is 5.92 Å². The maximum atomic E-state index is 12.7. The quantitative estimate of drug-likeness (QED) is 0.850. The van der Waals surface area contributed by atoms with Crippen LogP contribution in [0.3, 0.4) is 0 Å². The third kappa shape index (κ3) is 2.66. The first-order valence-electron chi connectivity index (χ1n) is 7.30. The number of ether oxygens (including phenoxy) is 1. The number of morpholine rings is 1. The molecule has 0 aromatic heterocycles. The van der Waals surface area contributed by atoms with Gasteiger partial charge in [-0.25, -0.2) is 0 Å². The van der Waals surface area contributed by atoms with Gasteiger partial charge in [0, 0.05) is 25.3 Å². The van der Waals surface area contributed by atoms with Crippen molar-refractivity contribution in [2.75, 3.05) is 31.6 Å². The zero-order chi connectivity index (χ0) is 14.2. The lowest BCUT2D eigenvalue weighted by Gasteiger charge is -2.40. The fourth-order valence-electron chi connectivity index (χ4n) is 3.08. The van der Waals surface area contributed by atoms with Crippen molar-refractivity contribution in [3.8, 4) is 0 Å². The highest BCUT2D eigenvalue weighted by molar-refractivity contribution is 5.81. The lowest BCUT2D eigenvalue weighted by Crippen LogP contribution is -2.53. The van der Waals surface area contributed by atoms with Gasteiger partial charge in [-0.1, -0.05) is 18.2 Å². The van der Waals surface area contributed by atoms with E-state index in [2.05, 4.69) is 17.4 Å². The highest BCUT2D eigenvalue weighted by atomic mass is 16.5. The first-order chi connectivity index (χ1) is 9.55. The van der Waals surface area contributed by atoms with Crippen LogP contribution in [0.15, 0.2) is 24.3 Å². The van der Waals surface area contributed by atoms with Gasteiger partial charge in [-0.2, -0.15) is 0 Å². The number of hydrogen-bond acceptors (Lipinski definition) is 3. The summed E-state index contributed by atoms with van der Waals surface area (Å²) >= 11 is 0. The Labute approximate surface area is 120 Å². The Morgan fingerprint density at radius 3 is 3.00 bits per heavy atom. The van der Waals surface area contributed by atoms with Crippen LogP contribution in [0.4, 0.5) is 5.69 Å². The molecule has 1 saturated heterocycles. The Hall–Kier alpha value is -1.55. The predicted octanol–water partition coefficient (Wildman–Crippen LogP) is 1.91. The summed E-state index contributed by atoms with van der Waals surface area (Å²) in [5, 5.41) is 3.37. The van der Waals surface area contributed by atoms with Crippen LogP contribution < -0.4 is 5.32 Å². The van der Waals surface area contributed by atoms with E-state index in [1.165, 1.54) is 11.3 Å².